The van der Waals surface area contributed by atoms with Crippen LogP contribution in [0.5, 0.6) is 0 Å². The number of hydrogen-bond donors (Lipinski definition) is 0. The summed E-state index contributed by atoms with van der Waals surface area (Å²) in [4.78, 5) is 2.28. The average molecular weight is 317 g/mol. The minimum atomic E-state index is -0.159. The van der Waals surface area contributed by atoms with E-state index in [9.17, 15) is 0 Å². The number of nitriles is 1. The first-order valence-electron chi connectivity index (χ1n) is 7.54. The van der Waals surface area contributed by atoms with Crippen LogP contribution in [0.4, 0.5) is 5.95 Å². The third-order valence-corrected chi connectivity index (χ3v) is 4.67. The Morgan fingerprint density at radius 2 is 2.18 bits per heavy atom. The number of aromatic nitrogens is 3. The van der Waals surface area contributed by atoms with Gasteiger partial charge in [0.1, 0.15) is 5.76 Å². The Kier molecular flexibility index (Phi) is 4.68. The second kappa shape index (κ2) is 6.88. The maximum absolute atomic E-state index is 9.04. The van der Waals surface area contributed by atoms with Crippen molar-refractivity contribution in [3.05, 3.63) is 24.2 Å². The van der Waals surface area contributed by atoms with Crippen molar-refractivity contribution in [2.45, 2.75) is 43.1 Å². The first-order chi connectivity index (χ1) is 10.8. The lowest BCUT2D eigenvalue weighted by atomic mass is 10.1. The van der Waals surface area contributed by atoms with Crippen molar-refractivity contribution in [1.82, 2.24) is 14.8 Å². The minimum absolute atomic E-state index is 0.159. The van der Waals surface area contributed by atoms with Gasteiger partial charge in [-0.15, -0.1) is 10.2 Å². The number of piperidine rings is 1. The highest BCUT2D eigenvalue weighted by Crippen LogP contribution is 2.27. The molecule has 0 spiro atoms. The standard InChI is InChI=1S/C15H19N5OS/c1-12(10-16)22-15-18-17-14(19-7-3-2-4-8-19)20(15)11-13-6-5-9-21-13/h5-6,9,12H,2-4,7-8,11H2,1H3/t12-/m0/s1. The molecule has 2 aromatic heterocycles. The van der Waals surface area contributed by atoms with Crippen molar-refractivity contribution in [3.8, 4) is 6.07 Å². The van der Waals surface area contributed by atoms with E-state index in [4.69, 9.17) is 9.68 Å². The molecule has 6 nitrogen and oxygen atoms in total. The molecular weight excluding hydrogens is 298 g/mol. The van der Waals surface area contributed by atoms with Gasteiger partial charge in [0.2, 0.25) is 5.95 Å². The molecule has 1 aliphatic rings. The lowest BCUT2D eigenvalue weighted by molar-refractivity contribution is 0.479. The Morgan fingerprint density at radius 1 is 1.36 bits per heavy atom. The summed E-state index contributed by atoms with van der Waals surface area (Å²) < 4.78 is 7.52. The van der Waals surface area contributed by atoms with Crippen LogP contribution in [-0.2, 0) is 6.54 Å². The Bertz CT molecular complexity index is 639. The molecule has 22 heavy (non-hydrogen) atoms. The molecule has 2 aromatic rings. The van der Waals surface area contributed by atoms with Crippen LogP contribution >= 0.6 is 11.8 Å². The first kappa shape index (κ1) is 15.0. The molecular formula is C15H19N5OS. The second-order valence-electron chi connectivity index (χ2n) is 5.38. The van der Waals surface area contributed by atoms with Crippen molar-refractivity contribution in [1.29, 1.82) is 5.26 Å². The van der Waals surface area contributed by atoms with Gasteiger partial charge >= 0.3 is 0 Å². The fraction of sp³-hybridized carbons (Fsp3) is 0.533. The highest BCUT2D eigenvalue weighted by molar-refractivity contribution is 8.00. The second-order valence-corrected chi connectivity index (χ2v) is 6.69. The van der Waals surface area contributed by atoms with E-state index in [1.165, 1.54) is 31.0 Å². The molecule has 3 heterocycles. The Balaban J connectivity index is 1.89. The van der Waals surface area contributed by atoms with E-state index in [0.29, 0.717) is 6.54 Å². The summed E-state index contributed by atoms with van der Waals surface area (Å²) in [6.45, 7) is 4.48. The molecule has 1 saturated heterocycles. The summed E-state index contributed by atoms with van der Waals surface area (Å²) >= 11 is 1.44. The zero-order valence-electron chi connectivity index (χ0n) is 12.6. The smallest absolute Gasteiger partial charge is 0.228 e. The number of rotatable bonds is 5. The lowest BCUT2D eigenvalue weighted by Gasteiger charge is -2.27. The number of hydrogen-bond acceptors (Lipinski definition) is 6. The van der Waals surface area contributed by atoms with Gasteiger partial charge in [0.25, 0.3) is 0 Å². The molecule has 1 aliphatic heterocycles. The highest BCUT2D eigenvalue weighted by Gasteiger charge is 2.22. The Hall–Kier alpha value is -1.94. The van der Waals surface area contributed by atoms with Crippen LogP contribution in [0.1, 0.15) is 31.9 Å². The maximum Gasteiger partial charge on any atom is 0.228 e. The largest absolute Gasteiger partial charge is 0.467 e. The van der Waals surface area contributed by atoms with Crippen LogP contribution < -0.4 is 4.90 Å². The van der Waals surface area contributed by atoms with Gasteiger partial charge in [-0.05, 0) is 38.3 Å². The summed E-state index contributed by atoms with van der Waals surface area (Å²) in [5.74, 6) is 1.74. The van der Waals surface area contributed by atoms with Gasteiger partial charge in [0.05, 0.1) is 24.1 Å². The van der Waals surface area contributed by atoms with Gasteiger partial charge in [-0.25, -0.2) is 0 Å². The van der Waals surface area contributed by atoms with Crippen LogP contribution in [0, 0.1) is 11.3 Å². The molecule has 1 atom stereocenters. The number of nitrogens with zero attached hydrogens (tertiary/aromatic N) is 5. The van der Waals surface area contributed by atoms with Gasteiger partial charge in [-0.3, -0.25) is 4.57 Å². The zero-order chi connectivity index (χ0) is 15.4. The van der Waals surface area contributed by atoms with E-state index < -0.39 is 0 Å². The molecule has 116 valence electrons. The van der Waals surface area contributed by atoms with E-state index >= 15 is 0 Å². The van der Waals surface area contributed by atoms with Gasteiger partial charge < -0.3 is 9.32 Å². The molecule has 0 aromatic carbocycles. The van der Waals surface area contributed by atoms with Crippen LogP contribution in [0.25, 0.3) is 0 Å². The first-order valence-corrected chi connectivity index (χ1v) is 8.42. The lowest BCUT2D eigenvalue weighted by Crippen LogP contribution is -2.32. The molecule has 0 unspecified atom stereocenters. The maximum atomic E-state index is 9.04. The third-order valence-electron chi connectivity index (χ3n) is 3.69. The van der Waals surface area contributed by atoms with Gasteiger partial charge in [-0.1, -0.05) is 11.8 Å². The number of thioether (sulfide) groups is 1. The number of anilines is 1. The van der Waals surface area contributed by atoms with Crippen molar-refractivity contribution in [3.63, 3.8) is 0 Å². The Morgan fingerprint density at radius 3 is 2.86 bits per heavy atom. The quantitative estimate of drug-likeness (QED) is 0.790. The van der Waals surface area contributed by atoms with Crippen molar-refractivity contribution in [2.24, 2.45) is 0 Å². The summed E-state index contributed by atoms with van der Waals surface area (Å²) in [6.07, 6.45) is 5.32. The van der Waals surface area contributed by atoms with Gasteiger partial charge in [-0.2, -0.15) is 5.26 Å². The highest BCUT2D eigenvalue weighted by atomic mass is 32.2. The molecule has 0 aliphatic carbocycles. The van der Waals surface area contributed by atoms with Crippen molar-refractivity contribution in [2.75, 3.05) is 18.0 Å². The van der Waals surface area contributed by atoms with Crippen molar-refractivity contribution < 1.29 is 4.42 Å². The summed E-state index contributed by atoms with van der Waals surface area (Å²) in [5.41, 5.74) is 0. The van der Waals surface area contributed by atoms with Crippen LogP contribution in [0.2, 0.25) is 0 Å². The molecule has 0 bridgehead atoms. The van der Waals surface area contributed by atoms with E-state index in [1.807, 2.05) is 19.1 Å². The van der Waals surface area contributed by atoms with Crippen LogP contribution in [0.15, 0.2) is 28.0 Å². The van der Waals surface area contributed by atoms with Crippen molar-refractivity contribution >= 4 is 17.7 Å². The van der Waals surface area contributed by atoms with Crippen LogP contribution in [-0.4, -0.2) is 33.1 Å². The topological polar surface area (TPSA) is 70.9 Å². The van der Waals surface area contributed by atoms with E-state index in [0.717, 1.165) is 30.0 Å². The average Bonchev–Trinajstić information content (AvgIpc) is 3.19. The molecule has 0 radical (unpaired) electrons. The van der Waals surface area contributed by atoms with Gasteiger partial charge in [0.15, 0.2) is 5.16 Å². The monoisotopic (exact) mass is 317 g/mol. The molecule has 1 fully saturated rings. The fourth-order valence-corrected chi connectivity index (χ4v) is 3.31. The van der Waals surface area contributed by atoms with E-state index in [1.54, 1.807) is 6.26 Å². The molecule has 7 heteroatoms. The molecule has 0 saturated carbocycles. The third kappa shape index (κ3) is 3.28. The SMILES string of the molecule is C[C@@H](C#N)Sc1nnc(N2CCCCC2)n1Cc1ccco1. The predicted molar refractivity (Wildman–Crippen MR) is 84.8 cm³/mol. The molecule has 3 rings (SSSR count). The number of furan rings is 1. The van der Waals surface area contributed by atoms with E-state index in [-0.39, 0.29) is 5.25 Å². The zero-order valence-corrected chi connectivity index (χ0v) is 13.4. The molecule has 0 N–H and O–H groups in total. The fourth-order valence-electron chi connectivity index (χ4n) is 2.58. The summed E-state index contributed by atoms with van der Waals surface area (Å²) in [5, 5.41) is 18.3. The normalized spacial score (nSPS) is 16.5. The van der Waals surface area contributed by atoms with E-state index in [2.05, 4.69) is 25.7 Å². The van der Waals surface area contributed by atoms with Crippen LogP contribution in [0.3, 0.4) is 0 Å². The Labute approximate surface area is 134 Å². The summed E-state index contributed by atoms with van der Waals surface area (Å²) in [6, 6.07) is 6.06. The van der Waals surface area contributed by atoms with Gasteiger partial charge in [0, 0.05) is 13.1 Å². The molecule has 0 amide bonds. The predicted octanol–water partition coefficient (Wildman–Crippen LogP) is 2.91. The minimum Gasteiger partial charge on any atom is -0.467 e. The summed E-state index contributed by atoms with van der Waals surface area (Å²) in [7, 11) is 0.